The number of rotatable bonds is 4. The average molecular weight is 301 g/mol. The molecule has 1 aliphatic heterocycles. The molecule has 1 fully saturated rings. The Morgan fingerprint density at radius 2 is 2.00 bits per heavy atom. The Hall–Kier alpha value is -2.01. The number of methoxy groups -OCH3 is 1. The number of imide groups is 1. The van der Waals surface area contributed by atoms with Gasteiger partial charge in [-0.3, -0.25) is 14.4 Å². The lowest BCUT2D eigenvalue weighted by Crippen LogP contribution is -2.35. The van der Waals surface area contributed by atoms with E-state index in [2.05, 4.69) is 0 Å². The standard InChI is InChI=1S/C17H19NO4/c1-4-14(22-3)15-9(2)16(20)18(17(15)21)11-6-5-10-7-13(19)12(10)8-11/h5-6,8-9,14-15H,4,7H2,1-3H3. The fraction of sp³-hybridized carbons (Fsp3) is 0.471. The first-order valence-electron chi connectivity index (χ1n) is 7.56. The third-order valence-corrected chi connectivity index (χ3v) is 4.76. The molecule has 0 saturated carbocycles. The van der Waals surface area contributed by atoms with E-state index in [-0.39, 0.29) is 23.7 Å². The summed E-state index contributed by atoms with van der Waals surface area (Å²) >= 11 is 0. The van der Waals surface area contributed by atoms with Gasteiger partial charge in [-0.25, -0.2) is 4.90 Å². The van der Waals surface area contributed by atoms with Crippen LogP contribution in [0.2, 0.25) is 0 Å². The zero-order chi connectivity index (χ0) is 16.0. The molecule has 1 aromatic carbocycles. The molecule has 5 heteroatoms. The maximum absolute atomic E-state index is 12.7. The average Bonchev–Trinajstić information content (AvgIpc) is 2.72. The first-order chi connectivity index (χ1) is 10.5. The van der Waals surface area contributed by atoms with E-state index in [9.17, 15) is 14.4 Å². The van der Waals surface area contributed by atoms with Crippen LogP contribution >= 0.6 is 0 Å². The molecule has 1 aromatic rings. The molecule has 1 saturated heterocycles. The minimum absolute atomic E-state index is 0.0591. The second-order valence-corrected chi connectivity index (χ2v) is 5.95. The second kappa shape index (κ2) is 5.32. The van der Waals surface area contributed by atoms with Gasteiger partial charge in [0.2, 0.25) is 11.8 Å². The fourth-order valence-electron chi connectivity index (χ4n) is 3.41. The third kappa shape index (κ3) is 2.00. The molecule has 3 unspecified atom stereocenters. The number of nitrogens with zero attached hydrogens (tertiary/aromatic N) is 1. The molecule has 3 rings (SSSR count). The van der Waals surface area contributed by atoms with E-state index in [1.165, 1.54) is 4.90 Å². The highest BCUT2D eigenvalue weighted by Crippen LogP contribution is 2.36. The Balaban J connectivity index is 1.96. The SMILES string of the molecule is CCC(OC)C1C(=O)N(c2ccc3c(c2)C(=O)C3)C(=O)C1C. The van der Waals surface area contributed by atoms with E-state index < -0.39 is 11.8 Å². The molecule has 3 atom stereocenters. The smallest absolute Gasteiger partial charge is 0.240 e. The molecule has 22 heavy (non-hydrogen) atoms. The second-order valence-electron chi connectivity index (χ2n) is 5.95. The maximum Gasteiger partial charge on any atom is 0.240 e. The molecule has 2 amide bonds. The van der Waals surface area contributed by atoms with E-state index in [0.717, 1.165) is 5.56 Å². The number of Topliss-reactive ketones (excluding diaryl/α,β-unsaturated/α-hetero) is 1. The molecule has 5 nitrogen and oxygen atoms in total. The van der Waals surface area contributed by atoms with Crippen LogP contribution in [0.15, 0.2) is 18.2 Å². The van der Waals surface area contributed by atoms with Gasteiger partial charge in [0.1, 0.15) is 0 Å². The van der Waals surface area contributed by atoms with E-state index >= 15 is 0 Å². The molecular weight excluding hydrogens is 282 g/mol. The first-order valence-corrected chi connectivity index (χ1v) is 7.56. The van der Waals surface area contributed by atoms with Gasteiger partial charge in [-0.05, 0) is 24.1 Å². The minimum atomic E-state index is -0.468. The van der Waals surface area contributed by atoms with Gasteiger partial charge >= 0.3 is 0 Å². The Labute approximate surface area is 129 Å². The number of anilines is 1. The first kappa shape index (κ1) is 14.9. The van der Waals surface area contributed by atoms with Crippen molar-refractivity contribution in [3.8, 4) is 0 Å². The van der Waals surface area contributed by atoms with Crippen molar-refractivity contribution in [1.82, 2.24) is 0 Å². The largest absolute Gasteiger partial charge is 0.381 e. The fourth-order valence-corrected chi connectivity index (χ4v) is 3.41. The molecule has 2 aliphatic rings. The topological polar surface area (TPSA) is 63.7 Å². The Kier molecular flexibility index (Phi) is 3.60. The zero-order valence-corrected chi connectivity index (χ0v) is 13.0. The third-order valence-electron chi connectivity index (χ3n) is 4.76. The Morgan fingerprint density at radius 1 is 1.27 bits per heavy atom. The van der Waals surface area contributed by atoms with Crippen molar-refractivity contribution in [3.05, 3.63) is 29.3 Å². The van der Waals surface area contributed by atoms with Crippen LogP contribution in [0, 0.1) is 11.8 Å². The number of benzene rings is 1. The van der Waals surface area contributed by atoms with Gasteiger partial charge in [-0.15, -0.1) is 0 Å². The van der Waals surface area contributed by atoms with Gasteiger partial charge < -0.3 is 4.74 Å². The Morgan fingerprint density at radius 3 is 2.59 bits per heavy atom. The number of ether oxygens (including phenoxy) is 1. The number of ketones is 1. The summed E-state index contributed by atoms with van der Waals surface area (Å²) in [5.74, 6) is -1.29. The lowest BCUT2D eigenvalue weighted by molar-refractivity contribution is -0.125. The van der Waals surface area contributed by atoms with Crippen LogP contribution in [-0.4, -0.2) is 30.8 Å². The van der Waals surface area contributed by atoms with E-state index in [1.54, 1.807) is 26.2 Å². The quantitative estimate of drug-likeness (QED) is 0.798. The molecule has 0 radical (unpaired) electrons. The van der Waals surface area contributed by atoms with Crippen LogP contribution in [0.3, 0.4) is 0 Å². The predicted octanol–water partition coefficient (Wildman–Crippen LogP) is 1.98. The molecule has 116 valence electrons. The number of fused-ring (bicyclic) bond motifs is 1. The van der Waals surface area contributed by atoms with Crippen molar-refractivity contribution in [2.24, 2.45) is 11.8 Å². The summed E-state index contributed by atoms with van der Waals surface area (Å²) in [6.07, 6.45) is 0.837. The number of hydrogen-bond acceptors (Lipinski definition) is 4. The molecular formula is C17H19NO4. The lowest BCUT2D eigenvalue weighted by Gasteiger charge is -2.23. The summed E-state index contributed by atoms with van der Waals surface area (Å²) < 4.78 is 5.37. The monoisotopic (exact) mass is 301 g/mol. The summed E-state index contributed by atoms with van der Waals surface area (Å²) in [5, 5.41) is 0. The highest BCUT2D eigenvalue weighted by Gasteiger charge is 2.49. The molecule has 1 aliphatic carbocycles. The number of carbonyl (C=O) groups is 3. The van der Waals surface area contributed by atoms with Gasteiger partial charge in [-0.2, -0.15) is 0 Å². The normalized spacial score (nSPS) is 25.2. The molecule has 0 aromatic heterocycles. The minimum Gasteiger partial charge on any atom is -0.381 e. The number of hydrogen-bond donors (Lipinski definition) is 0. The van der Waals surface area contributed by atoms with Crippen LogP contribution in [-0.2, 0) is 20.7 Å². The van der Waals surface area contributed by atoms with Gasteiger partial charge in [0.05, 0.1) is 23.6 Å². The zero-order valence-electron chi connectivity index (χ0n) is 13.0. The summed E-state index contributed by atoms with van der Waals surface area (Å²) in [6.45, 7) is 3.70. The van der Waals surface area contributed by atoms with Crippen LogP contribution in [0.25, 0.3) is 0 Å². The predicted molar refractivity (Wildman–Crippen MR) is 80.7 cm³/mol. The van der Waals surface area contributed by atoms with Gasteiger partial charge in [0.25, 0.3) is 0 Å². The Bertz CT molecular complexity index is 663. The van der Waals surface area contributed by atoms with Crippen molar-refractivity contribution >= 4 is 23.3 Å². The summed E-state index contributed by atoms with van der Waals surface area (Å²) in [6, 6.07) is 5.21. The lowest BCUT2D eigenvalue weighted by atomic mass is 9.87. The van der Waals surface area contributed by atoms with Gasteiger partial charge in [-0.1, -0.05) is 19.9 Å². The van der Waals surface area contributed by atoms with E-state index in [1.807, 2.05) is 13.0 Å². The summed E-state index contributed by atoms with van der Waals surface area (Å²) in [5.41, 5.74) is 2.08. The molecule has 0 spiro atoms. The molecule has 0 bridgehead atoms. The highest BCUT2D eigenvalue weighted by molar-refractivity contribution is 6.22. The van der Waals surface area contributed by atoms with Crippen molar-refractivity contribution < 1.29 is 19.1 Å². The van der Waals surface area contributed by atoms with Crippen LogP contribution in [0.4, 0.5) is 5.69 Å². The summed E-state index contributed by atoms with van der Waals surface area (Å²) in [7, 11) is 1.56. The van der Waals surface area contributed by atoms with Crippen molar-refractivity contribution in [2.75, 3.05) is 12.0 Å². The summed E-state index contributed by atoms with van der Waals surface area (Å²) in [4.78, 5) is 38.0. The van der Waals surface area contributed by atoms with Crippen LogP contribution < -0.4 is 4.90 Å². The van der Waals surface area contributed by atoms with Crippen LogP contribution in [0.5, 0.6) is 0 Å². The van der Waals surface area contributed by atoms with Crippen LogP contribution in [0.1, 0.15) is 36.2 Å². The molecule has 1 heterocycles. The van der Waals surface area contributed by atoms with Crippen molar-refractivity contribution in [1.29, 1.82) is 0 Å². The van der Waals surface area contributed by atoms with Crippen molar-refractivity contribution in [2.45, 2.75) is 32.8 Å². The van der Waals surface area contributed by atoms with Gasteiger partial charge in [0, 0.05) is 19.1 Å². The maximum atomic E-state index is 12.7. The van der Waals surface area contributed by atoms with E-state index in [4.69, 9.17) is 4.74 Å². The molecule has 0 N–H and O–H groups in total. The number of amides is 2. The van der Waals surface area contributed by atoms with Gasteiger partial charge in [0.15, 0.2) is 5.78 Å². The number of carbonyl (C=O) groups excluding carboxylic acids is 3. The highest BCUT2D eigenvalue weighted by atomic mass is 16.5. The van der Waals surface area contributed by atoms with Crippen molar-refractivity contribution in [3.63, 3.8) is 0 Å². The van der Waals surface area contributed by atoms with E-state index in [0.29, 0.717) is 24.1 Å².